The molecule has 1 saturated carbocycles. The summed E-state index contributed by atoms with van der Waals surface area (Å²) < 4.78 is 8.18. The van der Waals surface area contributed by atoms with E-state index in [2.05, 4.69) is 36.0 Å². The van der Waals surface area contributed by atoms with E-state index in [1.807, 2.05) is 28.8 Å². The van der Waals surface area contributed by atoms with Crippen molar-refractivity contribution in [1.29, 1.82) is 0 Å². The molecule has 0 spiro atoms. The minimum absolute atomic E-state index is 0.00107. The van der Waals surface area contributed by atoms with E-state index in [0.29, 0.717) is 17.4 Å². The minimum atomic E-state index is 0.00107. The number of aromatic nitrogens is 5. The van der Waals surface area contributed by atoms with Gasteiger partial charge in [-0.25, -0.2) is 4.98 Å². The molecular weight excluding hydrogens is 434 g/mol. The van der Waals surface area contributed by atoms with Gasteiger partial charge in [0.1, 0.15) is 5.69 Å². The van der Waals surface area contributed by atoms with Gasteiger partial charge in [-0.05, 0) is 60.0 Å². The van der Waals surface area contributed by atoms with Crippen LogP contribution in [0.2, 0.25) is 0 Å². The summed E-state index contributed by atoms with van der Waals surface area (Å²) in [5.74, 6) is 0.869. The van der Waals surface area contributed by atoms with Crippen LogP contribution in [-0.2, 0) is 0 Å². The second-order valence-corrected chi connectivity index (χ2v) is 8.24. The first-order valence-corrected chi connectivity index (χ1v) is 10.4. The average Bonchev–Trinajstić information content (AvgIpc) is 3.41. The molecule has 0 N–H and O–H groups in total. The van der Waals surface area contributed by atoms with Crippen molar-refractivity contribution in [3.63, 3.8) is 0 Å². The zero-order valence-electron chi connectivity index (χ0n) is 15.8. The third-order valence-corrected chi connectivity index (χ3v) is 5.81. The Morgan fingerprint density at radius 1 is 1.10 bits per heavy atom. The van der Waals surface area contributed by atoms with Crippen molar-refractivity contribution in [3.05, 3.63) is 57.2 Å². The van der Waals surface area contributed by atoms with Gasteiger partial charge in [-0.2, -0.15) is 4.98 Å². The van der Waals surface area contributed by atoms with Gasteiger partial charge in [-0.3, -0.25) is 9.78 Å². The predicted octanol–water partition coefficient (Wildman–Crippen LogP) is 4.69. The van der Waals surface area contributed by atoms with Crippen LogP contribution in [0.4, 0.5) is 0 Å². The molecule has 7 nitrogen and oxygen atoms in total. The molecule has 0 saturated heterocycles. The molecule has 0 bridgehead atoms. The highest BCUT2D eigenvalue weighted by atomic mass is 79.9. The summed E-state index contributed by atoms with van der Waals surface area (Å²) in [6, 6.07) is 7.89. The standard InChI is InChI=1S/C21H18BrN5O2/c1-12-21(28)27(16-4-2-3-5-16)18-7-6-13(9-17(18)24-12)19-25-20(29-26-19)14-8-15(22)11-23-10-14/h6-11,16H,2-5H2,1H3. The molecule has 146 valence electrons. The Morgan fingerprint density at radius 3 is 2.72 bits per heavy atom. The lowest BCUT2D eigenvalue weighted by Crippen LogP contribution is -2.26. The summed E-state index contributed by atoms with van der Waals surface area (Å²) in [4.78, 5) is 25.9. The molecule has 1 aromatic carbocycles. The lowest BCUT2D eigenvalue weighted by atomic mass is 10.1. The fourth-order valence-electron chi connectivity index (χ4n) is 3.98. The van der Waals surface area contributed by atoms with Gasteiger partial charge in [0.15, 0.2) is 0 Å². The van der Waals surface area contributed by atoms with Crippen molar-refractivity contribution in [1.82, 2.24) is 24.7 Å². The summed E-state index contributed by atoms with van der Waals surface area (Å²) in [6.45, 7) is 1.77. The molecular formula is C21H18BrN5O2. The number of rotatable bonds is 3. The van der Waals surface area contributed by atoms with Crippen LogP contribution >= 0.6 is 15.9 Å². The highest BCUT2D eigenvalue weighted by Gasteiger charge is 2.22. The molecule has 1 aliphatic rings. The van der Waals surface area contributed by atoms with Crippen molar-refractivity contribution in [3.8, 4) is 22.8 Å². The average molecular weight is 452 g/mol. The number of nitrogens with zero attached hydrogens (tertiary/aromatic N) is 5. The van der Waals surface area contributed by atoms with Gasteiger partial charge in [-0.15, -0.1) is 0 Å². The van der Waals surface area contributed by atoms with Gasteiger partial charge in [0.2, 0.25) is 5.82 Å². The zero-order chi connectivity index (χ0) is 20.0. The Morgan fingerprint density at radius 2 is 1.93 bits per heavy atom. The summed E-state index contributed by atoms with van der Waals surface area (Å²) in [7, 11) is 0. The van der Waals surface area contributed by atoms with E-state index < -0.39 is 0 Å². The van der Waals surface area contributed by atoms with Crippen molar-refractivity contribution in [2.75, 3.05) is 0 Å². The molecule has 29 heavy (non-hydrogen) atoms. The topological polar surface area (TPSA) is 86.7 Å². The van der Waals surface area contributed by atoms with Crippen molar-refractivity contribution in [2.24, 2.45) is 0 Å². The summed E-state index contributed by atoms with van der Waals surface area (Å²) in [6.07, 6.45) is 7.77. The number of benzene rings is 1. The van der Waals surface area contributed by atoms with Crippen LogP contribution in [0.1, 0.15) is 37.4 Å². The van der Waals surface area contributed by atoms with E-state index in [1.165, 1.54) is 0 Å². The minimum Gasteiger partial charge on any atom is -0.334 e. The van der Waals surface area contributed by atoms with E-state index >= 15 is 0 Å². The summed E-state index contributed by atoms with van der Waals surface area (Å²) in [5, 5.41) is 4.11. The lowest BCUT2D eigenvalue weighted by molar-refractivity contribution is 0.432. The van der Waals surface area contributed by atoms with Gasteiger partial charge in [0.25, 0.3) is 11.4 Å². The maximum absolute atomic E-state index is 12.8. The van der Waals surface area contributed by atoms with E-state index in [4.69, 9.17) is 4.52 Å². The van der Waals surface area contributed by atoms with E-state index in [-0.39, 0.29) is 11.6 Å². The first-order valence-electron chi connectivity index (χ1n) is 9.58. The maximum atomic E-state index is 12.8. The molecule has 0 aliphatic heterocycles. The predicted molar refractivity (Wildman–Crippen MR) is 112 cm³/mol. The van der Waals surface area contributed by atoms with Gasteiger partial charge in [0.05, 0.1) is 16.6 Å². The van der Waals surface area contributed by atoms with Gasteiger partial charge in [-0.1, -0.05) is 18.0 Å². The first kappa shape index (κ1) is 18.2. The number of hydrogen-bond donors (Lipinski definition) is 0. The van der Waals surface area contributed by atoms with E-state index in [9.17, 15) is 4.79 Å². The van der Waals surface area contributed by atoms with E-state index in [0.717, 1.165) is 52.3 Å². The number of aryl methyl sites for hydroxylation is 1. The van der Waals surface area contributed by atoms with Crippen LogP contribution in [0.3, 0.4) is 0 Å². The van der Waals surface area contributed by atoms with Gasteiger partial charge in [0, 0.05) is 28.5 Å². The van der Waals surface area contributed by atoms with Crippen LogP contribution in [0.5, 0.6) is 0 Å². The van der Waals surface area contributed by atoms with Gasteiger partial charge < -0.3 is 9.09 Å². The molecule has 0 unspecified atom stereocenters. The Bertz CT molecular complexity index is 1270. The lowest BCUT2D eigenvalue weighted by Gasteiger charge is -2.17. The van der Waals surface area contributed by atoms with Crippen LogP contribution in [0.15, 0.2) is 50.4 Å². The second kappa shape index (κ2) is 7.18. The highest BCUT2D eigenvalue weighted by Crippen LogP contribution is 2.32. The molecule has 0 radical (unpaired) electrons. The number of pyridine rings is 1. The highest BCUT2D eigenvalue weighted by molar-refractivity contribution is 9.10. The molecule has 3 aromatic heterocycles. The maximum Gasteiger partial charge on any atom is 0.272 e. The Kier molecular flexibility index (Phi) is 4.50. The molecule has 1 aliphatic carbocycles. The number of halogens is 1. The van der Waals surface area contributed by atoms with E-state index in [1.54, 1.807) is 19.3 Å². The van der Waals surface area contributed by atoms with Crippen molar-refractivity contribution >= 4 is 27.0 Å². The molecule has 0 amide bonds. The molecule has 3 heterocycles. The fourth-order valence-corrected chi connectivity index (χ4v) is 4.34. The van der Waals surface area contributed by atoms with Crippen molar-refractivity contribution in [2.45, 2.75) is 38.6 Å². The van der Waals surface area contributed by atoms with Crippen LogP contribution in [-0.4, -0.2) is 24.7 Å². The number of hydrogen-bond acceptors (Lipinski definition) is 6. The second-order valence-electron chi connectivity index (χ2n) is 7.33. The summed E-state index contributed by atoms with van der Waals surface area (Å²) in [5.41, 5.74) is 3.66. The monoisotopic (exact) mass is 451 g/mol. The Labute approximate surface area is 174 Å². The van der Waals surface area contributed by atoms with Crippen molar-refractivity contribution < 1.29 is 4.52 Å². The summed E-state index contributed by atoms with van der Waals surface area (Å²) >= 11 is 3.40. The largest absolute Gasteiger partial charge is 0.334 e. The van der Waals surface area contributed by atoms with Crippen LogP contribution < -0.4 is 5.56 Å². The first-order chi connectivity index (χ1) is 14.1. The Balaban J connectivity index is 1.59. The quantitative estimate of drug-likeness (QED) is 0.448. The SMILES string of the molecule is Cc1nc2cc(-c3noc(-c4cncc(Br)c4)n3)ccc2n(C2CCCC2)c1=O. The molecule has 1 fully saturated rings. The van der Waals surface area contributed by atoms with Gasteiger partial charge >= 0.3 is 0 Å². The third kappa shape index (κ3) is 3.27. The Hall–Kier alpha value is -2.87. The normalized spacial score (nSPS) is 14.7. The molecule has 0 atom stereocenters. The third-order valence-electron chi connectivity index (χ3n) is 5.38. The van der Waals surface area contributed by atoms with Crippen LogP contribution in [0, 0.1) is 6.92 Å². The zero-order valence-corrected chi connectivity index (χ0v) is 17.4. The molecule has 4 aromatic rings. The molecule has 8 heteroatoms. The smallest absolute Gasteiger partial charge is 0.272 e. The number of fused-ring (bicyclic) bond motifs is 1. The fraction of sp³-hybridized carbons (Fsp3) is 0.286. The molecule has 5 rings (SSSR count). The van der Waals surface area contributed by atoms with Crippen LogP contribution in [0.25, 0.3) is 33.9 Å².